The van der Waals surface area contributed by atoms with Gasteiger partial charge in [0.25, 0.3) is 0 Å². The standard InChI is InChI=1S/C59H108O5/c1-4-7-10-13-16-19-22-25-27-29-31-33-36-39-42-45-48-51-54-62-55-57(64-59(61)53-50-47-44-41-38-34-24-21-18-15-12-9-6-3)56-63-58(60)52-49-46-43-40-37-35-32-30-28-26-23-20-17-14-11-8-5-2/h7,10,16,19,21,24-25,27,57H,4-6,8-9,11-15,17-18,20,22-23,26,28-56H2,1-3H3/b10-7-,19-16-,24-21-,27-25-. The number of rotatable bonds is 52. The molecule has 0 spiro atoms. The summed E-state index contributed by atoms with van der Waals surface area (Å²) < 4.78 is 17.5. The summed E-state index contributed by atoms with van der Waals surface area (Å²) in [7, 11) is 0. The van der Waals surface area contributed by atoms with Gasteiger partial charge in [-0.25, -0.2) is 0 Å². The van der Waals surface area contributed by atoms with Crippen LogP contribution in [0, 0.1) is 0 Å². The number of unbranched alkanes of at least 4 members (excludes halogenated alkanes) is 33. The van der Waals surface area contributed by atoms with Gasteiger partial charge in [-0.1, -0.05) is 249 Å². The Kier molecular flexibility index (Phi) is 53.3. The molecule has 5 heteroatoms. The fourth-order valence-electron chi connectivity index (χ4n) is 8.17. The first kappa shape index (κ1) is 61.9. The van der Waals surface area contributed by atoms with Crippen molar-refractivity contribution in [2.75, 3.05) is 19.8 Å². The molecule has 0 N–H and O–H groups in total. The molecule has 0 saturated carbocycles. The zero-order chi connectivity index (χ0) is 46.3. The van der Waals surface area contributed by atoms with E-state index in [4.69, 9.17) is 14.2 Å². The van der Waals surface area contributed by atoms with E-state index < -0.39 is 6.10 Å². The summed E-state index contributed by atoms with van der Waals surface area (Å²) >= 11 is 0. The van der Waals surface area contributed by atoms with E-state index in [0.29, 0.717) is 19.4 Å². The smallest absolute Gasteiger partial charge is 0.306 e. The predicted octanol–water partition coefficient (Wildman–Crippen LogP) is 19.1. The van der Waals surface area contributed by atoms with Gasteiger partial charge in [-0.2, -0.15) is 0 Å². The van der Waals surface area contributed by atoms with E-state index in [1.54, 1.807) is 0 Å². The van der Waals surface area contributed by atoms with Crippen molar-refractivity contribution in [2.24, 2.45) is 0 Å². The fraction of sp³-hybridized carbons (Fsp3) is 0.831. The van der Waals surface area contributed by atoms with E-state index >= 15 is 0 Å². The number of allylic oxidation sites excluding steroid dienone is 8. The summed E-state index contributed by atoms with van der Waals surface area (Å²) in [6.45, 7) is 7.73. The van der Waals surface area contributed by atoms with Crippen molar-refractivity contribution in [3.05, 3.63) is 48.6 Å². The molecule has 1 atom stereocenters. The molecule has 0 fully saturated rings. The summed E-state index contributed by atoms with van der Waals surface area (Å²) in [5.41, 5.74) is 0. The molecule has 0 aromatic carbocycles. The molecule has 0 aliphatic rings. The quantitative estimate of drug-likeness (QED) is 0.0346. The van der Waals surface area contributed by atoms with Crippen molar-refractivity contribution in [1.82, 2.24) is 0 Å². The van der Waals surface area contributed by atoms with Crippen molar-refractivity contribution in [1.29, 1.82) is 0 Å². The molecular weight excluding hydrogens is 789 g/mol. The Morgan fingerprint density at radius 1 is 0.359 bits per heavy atom. The van der Waals surface area contributed by atoms with Crippen LogP contribution in [-0.4, -0.2) is 37.9 Å². The summed E-state index contributed by atoms with van der Waals surface area (Å²) in [6.07, 6.45) is 68.4. The monoisotopic (exact) mass is 897 g/mol. The van der Waals surface area contributed by atoms with Crippen LogP contribution in [0.2, 0.25) is 0 Å². The Balaban J connectivity index is 4.23. The summed E-state index contributed by atoms with van der Waals surface area (Å²) in [5, 5.41) is 0. The number of esters is 2. The van der Waals surface area contributed by atoms with Crippen LogP contribution in [0.3, 0.4) is 0 Å². The van der Waals surface area contributed by atoms with Gasteiger partial charge in [0.05, 0.1) is 6.61 Å². The molecule has 0 amide bonds. The molecular formula is C59H108O5. The number of hydrogen-bond donors (Lipinski definition) is 0. The minimum absolute atomic E-state index is 0.0828. The van der Waals surface area contributed by atoms with Crippen molar-refractivity contribution in [2.45, 2.75) is 297 Å². The van der Waals surface area contributed by atoms with E-state index in [9.17, 15) is 9.59 Å². The highest BCUT2D eigenvalue weighted by molar-refractivity contribution is 5.70. The number of hydrogen-bond acceptors (Lipinski definition) is 5. The van der Waals surface area contributed by atoms with Crippen LogP contribution in [0.1, 0.15) is 290 Å². The third kappa shape index (κ3) is 52.5. The lowest BCUT2D eigenvalue weighted by molar-refractivity contribution is -0.163. The summed E-state index contributed by atoms with van der Waals surface area (Å²) in [6, 6.07) is 0. The largest absolute Gasteiger partial charge is 0.462 e. The van der Waals surface area contributed by atoms with Gasteiger partial charge >= 0.3 is 11.9 Å². The normalized spacial score (nSPS) is 12.5. The van der Waals surface area contributed by atoms with Gasteiger partial charge in [0.1, 0.15) is 6.61 Å². The van der Waals surface area contributed by atoms with E-state index in [2.05, 4.69) is 69.4 Å². The lowest BCUT2D eigenvalue weighted by Crippen LogP contribution is -2.30. The predicted molar refractivity (Wildman–Crippen MR) is 279 cm³/mol. The van der Waals surface area contributed by atoms with Crippen molar-refractivity contribution in [3.63, 3.8) is 0 Å². The molecule has 0 rings (SSSR count). The molecule has 0 saturated heterocycles. The first-order chi connectivity index (χ1) is 31.6. The average Bonchev–Trinajstić information content (AvgIpc) is 3.30. The molecule has 0 aliphatic carbocycles. The Bertz CT molecular complexity index is 1060. The van der Waals surface area contributed by atoms with Crippen LogP contribution in [0.5, 0.6) is 0 Å². The molecule has 0 bridgehead atoms. The second-order valence-electron chi connectivity index (χ2n) is 18.8. The lowest BCUT2D eigenvalue weighted by atomic mass is 10.0. The first-order valence-electron chi connectivity index (χ1n) is 28.2. The molecule has 0 aliphatic heterocycles. The SMILES string of the molecule is CC/C=C\C/C=C\C/C=C\CCCCCCCCCCOCC(COC(=O)CCCCCCCCCCCCCCCCCCC)OC(=O)CCCCCCC/C=C\CCCCCC. The average molecular weight is 898 g/mol. The summed E-state index contributed by atoms with van der Waals surface area (Å²) in [4.78, 5) is 25.5. The van der Waals surface area contributed by atoms with Crippen LogP contribution in [-0.2, 0) is 23.8 Å². The number of carbonyl (C=O) groups excluding carboxylic acids is 2. The number of ether oxygens (including phenoxy) is 3. The highest BCUT2D eigenvalue weighted by atomic mass is 16.6. The minimum atomic E-state index is -0.542. The van der Waals surface area contributed by atoms with Gasteiger partial charge in [-0.3, -0.25) is 9.59 Å². The Labute approximate surface area is 399 Å². The van der Waals surface area contributed by atoms with E-state index in [1.165, 1.54) is 186 Å². The van der Waals surface area contributed by atoms with Crippen LogP contribution < -0.4 is 0 Å². The lowest BCUT2D eigenvalue weighted by Gasteiger charge is -2.18. The van der Waals surface area contributed by atoms with Gasteiger partial charge in [0, 0.05) is 19.4 Å². The van der Waals surface area contributed by atoms with Crippen LogP contribution in [0.4, 0.5) is 0 Å². The maximum Gasteiger partial charge on any atom is 0.306 e. The topological polar surface area (TPSA) is 61.8 Å². The van der Waals surface area contributed by atoms with Crippen LogP contribution in [0.15, 0.2) is 48.6 Å². The van der Waals surface area contributed by atoms with Gasteiger partial charge < -0.3 is 14.2 Å². The molecule has 0 radical (unpaired) electrons. The minimum Gasteiger partial charge on any atom is -0.462 e. The highest BCUT2D eigenvalue weighted by Gasteiger charge is 2.17. The molecule has 5 nitrogen and oxygen atoms in total. The van der Waals surface area contributed by atoms with E-state index in [0.717, 1.165) is 70.6 Å². The maximum atomic E-state index is 12.8. The van der Waals surface area contributed by atoms with Gasteiger partial charge in [0.2, 0.25) is 0 Å². The van der Waals surface area contributed by atoms with E-state index in [-0.39, 0.29) is 25.2 Å². The Morgan fingerprint density at radius 2 is 0.703 bits per heavy atom. The third-order valence-corrected chi connectivity index (χ3v) is 12.3. The molecule has 0 aromatic heterocycles. The summed E-state index contributed by atoms with van der Waals surface area (Å²) in [5.74, 6) is -0.396. The van der Waals surface area contributed by atoms with Crippen molar-refractivity contribution in [3.8, 4) is 0 Å². The first-order valence-corrected chi connectivity index (χ1v) is 28.2. The Hall–Kier alpha value is -2.14. The highest BCUT2D eigenvalue weighted by Crippen LogP contribution is 2.16. The molecule has 374 valence electrons. The number of carbonyl (C=O) groups is 2. The van der Waals surface area contributed by atoms with Gasteiger partial charge in [-0.15, -0.1) is 0 Å². The van der Waals surface area contributed by atoms with E-state index in [1.807, 2.05) is 0 Å². The van der Waals surface area contributed by atoms with Crippen LogP contribution in [0.25, 0.3) is 0 Å². The molecule has 0 heterocycles. The molecule has 1 unspecified atom stereocenters. The maximum absolute atomic E-state index is 12.8. The zero-order valence-electron chi connectivity index (χ0n) is 43.1. The van der Waals surface area contributed by atoms with Crippen molar-refractivity contribution < 1.29 is 23.8 Å². The van der Waals surface area contributed by atoms with Crippen molar-refractivity contribution >= 4 is 11.9 Å². The molecule has 64 heavy (non-hydrogen) atoms. The Morgan fingerprint density at radius 3 is 1.16 bits per heavy atom. The third-order valence-electron chi connectivity index (χ3n) is 12.3. The fourth-order valence-corrected chi connectivity index (χ4v) is 8.17. The van der Waals surface area contributed by atoms with Gasteiger partial charge in [0.15, 0.2) is 6.10 Å². The van der Waals surface area contributed by atoms with Gasteiger partial charge in [-0.05, 0) is 77.0 Å². The second-order valence-corrected chi connectivity index (χ2v) is 18.8. The second kappa shape index (κ2) is 55.2. The van der Waals surface area contributed by atoms with Crippen LogP contribution >= 0.6 is 0 Å². The zero-order valence-corrected chi connectivity index (χ0v) is 43.1. The molecule has 0 aromatic rings.